The Labute approximate surface area is 169 Å². The molecule has 0 aliphatic rings. The second-order valence-corrected chi connectivity index (χ2v) is 7.68. The lowest BCUT2D eigenvalue weighted by molar-refractivity contribution is 0.0985. The molecule has 0 atom stereocenters. The van der Waals surface area contributed by atoms with Gasteiger partial charge >= 0.3 is 0 Å². The zero-order valence-electron chi connectivity index (χ0n) is 15.9. The minimum absolute atomic E-state index is 0.0545. The van der Waals surface area contributed by atoms with E-state index >= 15 is 0 Å². The molecule has 9 heteroatoms. The Kier molecular flexibility index (Phi) is 5.14. The molecule has 150 valence electrons. The summed E-state index contributed by atoms with van der Waals surface area (Å²) in [6.07, 6.45) is 5.85. The second-order valence-electron chi connectivity index (χ2n) is 6.67. The molecule has 0 spiro atoms. The number of aromatic nitrogens is 3. The summed E-state index contributed by atoms with van der Waals surface area (Å²) < 4.78 is 35.5. The molecule has 0 fully saturated rings. The van der Waals surface area contributed by atoms with Gasteiger partial charge in [-0.1, -0.05) is 11.3 Å². The van der Waals surface area contributed by atoms with Crippen LogP contribution >= 0.6 is 11.3 Å². The van der Waals surface area contributed by atoms with Crippen molar-refractivity contribution in [2.45, 2.75) is 26.8 Å². The normalized spacial score (nSPS) is 11.3. The van der Waals surface area contributed by atoms with Crippen molar-refractivity contribution in [2.24, 2.45) is 0 Å². The maximum absolute atomic E-state index is 14.1. The number of thiazole rings is 1. The highest BCUT2D eigenvalue weighted by molar-refractivity contribution is 7.22. The summed E-state index contributed by atoms with van der Waals surface area (Å²) in [7, 11) is 0. The molecule has 0 bridgehead atoms. The Morgan fingerprint density at radius 2 is 2.10 bits per heavy atom. The van der Waals surface area contributed by atoms with E-state index < -0.39 is 11.6 Å². The zero-order valence-corrected chi connectivity index (χ0v) is 16.7. The van der Waals surface area contributed by atoms with Gasteiger partial charge < -0.3 is 8.98 Å². The van der Waals surface area contributed by atoms with E-state index in [-0.39, 0.29) is 11.4 Å². The maximum atomic E-state index is 14.1. The first-order chi connectivity index (χ1) is 13.9. The van der Waals surface area contributed by atoms with Crippen LogP contribution < -0.4 is 4.90 Å². The molecule has 1 amide bonds. The van der Waals surface area contributed by atoms with Gasteiger partial charge in [-0.25, -0.2) is 18.7 Å². The first-order valence-corrected chi connectivity index (χ1v) is 9.84. The lowest BCUT2D eigenvalue weighted by Crippen LogP contribution is -2.32. The lowest BCUT2D eigenvalue weighted by atomic mass is 10.2. The molecule has 29 heavy (non-hydrogen) atoms. The molecule has 6 nitrogen and oxygen atoms in total. The van der Waals surface area contributed by atoms with Crippen molar-refractivity contribution < 1.29 is 18.0 Å². The van der Waals surface area contributed by atoms with Gasteiger partial charge in [-0.05, 0) is 32.4 Å². The average Bonchev–Trinajstić information content (AvgIpc) is 3.38. The number of hydrogen-bond acceptors (Lipinski definition) is 5. The predicted molar refractivity (Wildman–Crippen MR) is 106 cm³/mol. The van der Waals surface area contributed by atoms with Crippen LogP contribution in [0.4, 0.5) is 13.9 Å². The molecule has 0 radical (unpaired) electrons. The van der Waals surface area contributed by atoms with Crippen molar-refractivity contribution in [1.29, 1.82) is 0 Å². The zero-order chi connectivity index (χ0) is 20.5. The number of aryl methyl sites for hydroxylation is 3. The molecule has 1 aromatic carbocycles. The van der Waals surface area contributed by atoms with Crippen LogP contribution in [-0.4, -0.2) is 27.0 Å². The highest BCUT2D eigenvalue weighted by Crippen LogP contribution is 2.32. The Morgan fingerprint density at radius 3 is 2.79 bits per heavy atom. The van der Waals surface area contributed by atoms with E-state index in [1.165, 1.54) is 11.0 Å². The number of furan rings is 1. The number of hydrogen-bond donors (Lipinski definition) is 0. The van der Waals surface area contributed by atoms with E-state index in [2.05, 4.69) is 9.97 Å². The number of amides is 1. The molecular weight excluding hydrogens is 398 g/mol. The van der Waals surface area contributed by atoms with Crippen molar-refractivity contribution in [2.75, 3.05) is 11.4 Å². The van der Waals surface area contributed by atoms with E-state index in [0.29, 0.717) is 46.4 Å². The van der Waals surface area contributed by atoms with E-state index in [1.54, 1.807) is 32.4 Å². The second kappa shape index (κ2) is 7.75. The summed E-state index contributed by atoms with van der Waals surface area (Å²) in [5, 5.41) is 0.318. The molecular formula is C20H18F2N4O2S. The summed E-state index contributed by atoms with van der Waals surface area (Å²) >= 11 is 1.08. The van der Waals surface area contributed by atoms with Gasteiger partial charge in [-0.3, -0.25) is 9.69 Å². The topological polar surface area (TPSA) is 64.2 Å². The van der Waals surface area contributed by atoms with Crippen LogP contribution in [-0.2, 0) is 6.54 Å². The standard InChI is InChI=1S/C20H18F2N4O2S/c1-12-8-15(13(2)28-12)19(27)26(6-3-5-25-7-4-23-11-25)20-24-18-16(22)9-14(21)10-17(18)29-20/h4,7-11H,3,5-6H2,1-2H3. The first kappa shape index (κ1) is 19.3. The fourth-order valence-electron chi connectivity index (χ4n) is 3.16. The van der Waals surface area contributed by atoms with Crippen LogP contribution in [0, 0.1) is 25.5 Å². The number of halogens is 2. The summed E-state index contributed by atoms with van der Waals surface area (Å²) in [6.45, 7) is 4.49. The number of nitrogens with zero attached hydrogens (tertiary/aromatic N) is 4. The van der Waals surface area contributed by atoms with Crippen LogP contribution in [0.3, 0.4) is 0 Å². The maximum Gasteiger partial charge on any atom is 0.263 e. The number of benzene rings is 1. The molecule has 0 aliphatic carbocycles. The summed E-state index contributed by atoms with van der Waals surface area (Å²) in [5.74, 6) is -0.579. The van der Waals surface area contributed by atoms with Crippen LogP contribution in [0.15, 0.2) is 41.3 Å². The van der Waals surface area contributed by atoms with E-state index in [9.17, 15) is 13.6 Å². The van der Waals surface area contributed by atoms with Crippen molar-refractivity contribution >= 4 is 32.6 Å². The summed E-state index contributed by atoms with van der Waals surface area (Å²) in [5.41, 5.74) is 0.481. The highest BCUT2D eigenvalue weighted by Gasteiger charge is 2.25. The molecule has 4 rings (SSSR count). The van der Waals surface area contributed by atoms with Crippen molar-refractivity contribution in [3.8, 4) is 0 Å². The molecule has 0 N–H and O–H groups in total. The van der Waals surface area contributed by atoms with E-state index in [1.807, 2.05) is 10.8 Å². The van der Waals surface area contributed by atoms with Crippen molar-refractivity contribution in [3.63, 3.8) is 0 Å². The summed E-state index contributed by atoms with van der Waals surface area (Å²) in [6, 6.07) is 3.69. The average molecular weight is 416 g/mol. The minimum atomic E-state index is -0.747. The van der Waals surface area contributed by atoms with Gasteiger partial charge in [-0.15, -0.1) is 0 Å². The molecule has 0 saturated heterocycles. The van der Waals surface area contributed by atoms with Crippen LogP contribution in [0.5, 0.6) is 0 Å². The number of carbonyl (C=O) groups excluding carboxylic acids is 1. The smallest absolute Gasteiger partial charge is 0.263 e. The van der Waals surface area contributed by atoms with Crippen molar-refractivity contribution in [3.05, 3.63) is 65.6 Å². The fraction of sp³-hybridized carbons (Fsp3) is 0.250. The third kappa shape index (κ3) is 3.91. The van der Waals surface area contributed by atoms with Crippen LogP contribution in [0.25, 0.3) is 10.2 Å². The third-order valence-corrected chi connectivity index (χ3v) is 5.53. The number of fused-ring (bicyclic) bond motifs is 1. The van der Waals surface area contributed by atoms with Gasteiger partial charge in [0.15, 0.2) is 10.9 Å². The number of imidazole rings is 1. The monoisotopic (exact) mass is 416 g/mol. The SMILES string of the molecule is Cc1cc(C(=O)N(CCCn2ccnc2)c2nc3c(F)cc(F)cc3s2)c(C)o1. The van der Waals surface area contributed by atoms with Crippen LogP contribution in [0.1, 0.15) is 28.3 Å². The van der Waals surface area contributed by atoms with Crippen molar-refractivity contribution in [1.82, 2.24) is 14.5 Å². The molecule has 4 aromatic rings. The molecule has 3 aromatic heterocycles. The number of anilines is 1. The third-order valence-electron chi connectivity index (χ3n) is 4.51. The Hall–Kier alpha value is -3.07. The Morgan fingerprint density at radius 1 is 1.28 bits per heavy atom. The predicted octanol–water partition coefficient (Wildman–Crippen LogP) is 4.72. The van der Waals surface area contributed by atoms with E-state index in [0.717, 1.165) is 17.4 Å². The van der Waals surface area contributed by atoms with Gasteiger partial charge in [0.1, 0.15) is 22.9 Å². The highest BCUT2D eigenvalue weighted by atomic mass is 32.1. The van der Waals surface area contributed by atoms with Gasteiger partial charge in [-0.2, -0.15) is 0 Å². The van der Waals surface area contributed by atoms with Gasteiger partial charge in [0.2, 0.25) is 0 Å². The first-order valence-electron chi connectivity index (χ1n) is 9.02. The number of rotatable bonds is 6. The lowest BCUT2D eigenvalue weighted by Gasteiger charge is -2.19. The molecule has 3 heterocycles. The Balaban J connectivity index is 1.68. The molecule has 0 aliphatic heterocycles. The minimum Gasteiger partial charge on any atom is -0.466 e. The summed E-state index contributed by atoms with van der Waals surface area (Å²) in [4.78, 5) is 23.0. The molecule has 0 unspecified atom stereocenters. The van der Waals surface area contributed by atoms with Gasteiger partial charge in [0.05, 0.1) is 16.6 Å². The van der Waals surface area contributed by atoms with Crippen LogP contribution in [0.2, 0.25) is 0 Å². The Bertz CT molecular complexity index is 1170. The largest absolute Gasteiger partial charge is 0.466 e. The number of carbonyl (C=O) groups is 1. The fourth-order valence-corrected chi connectivity index (χ4v) is 4.19. The molecule has 0 saturated carbocycles. The van der Waals surface area contributed by atoms with Gasteiger partial charge in [0, 0.05) is 31.5 Å². The van der Waals surface area contributed by atoms with Gasteiger partial charge in [0.25, 0.3) is 5.91 Å². The quantitative estimate of drug-likeness (QED) is 0.456. The van der Waals surface area contributed by atoms with E-state index in [4.69, 9.17) is 4.42 Å².